The lowest BCUT2D eigenvalue weighted by Crippen LogP contribution is -2.42. The number of nitrogens with zero attached hydrogens (tertiary/aromatic N) is 2. The zero-order valence-corrected chi connectivity index (χ0v) is 11.3. The number of piperidine rings is 1. The van der Waals surface area contributed by atoms with Crippen molar-refractivity contribution >= 4 is 21.9 Å². The first kappa shape index (κ1) is 14.5. The number of sulfonamides is 1. The molecule has 0 aliphatic carbocycles. The molecule has 0 saturated carbocycles. The van der Waals surface area contributed by atoms with Crippen molar-refractivity contribution in [3.63, 3.8) is 0 Å². The van der Waals surface area contributed by atoms with E-state index in [-0.39, 0.29) is 19.0 Å². The molecule has 1 aliphatic heterocycles. The lowest BCUT2D eigenvalue weighted by atomic mass is 9.98. The van der Waals surface area contributed by atoms with Gasteiger partial charge in [0, 0.05) is 19.0 Å². The molecular formula is C10H14N4O5S. The molecule has 1 aromatic heterocycles. The first-order valence-corrected chi connectivity index (χ1v) is 7.34. The molecule has 110 valence electrons. The fourth-order valence-corrected chi connectivity index (χ4v) is 3.67. The maximum Gasteiger partial charge on any atom is 0.340 e. The molecule has 0 spiro atoms. The SMILES string of the molecule is NC(=O)C1CCN(S(=O)(=O)c2[nH]ncc2C(=O)O)CC1. The van der Waals surface area contributed by atoms with Crippen LogP contribution in [0.1, 0.15) is 23.2 Å². The van der Waals surface area contributed by atoms with E-state index in [9.17, 15) is 18.0 Å². The van der Waals surface area contributed by atoms with Gasteiger partial charge in [-0.2, -0.15) is 9.40 Å². The molecule has 2 heterocycles. The van der Waals surface area contributed by atoms with Crippen molar-refractivity contribution in [3.05, 3.63) is 11.8 Å². The minimum atomic E-state index is -3.96. The van der Waals surface area contributed by atoms with E-state index in [1.54, 1.807) is 0 Å². The monoisotopic (exact) mass is 302 g/mol. The summed E-state index contributed by atoms with van der Waals surface area (Å²) < 4.78 is 25.8. The van der Waals surface area contributed by atoms with Gasteiger partial charge >= 0.3 is 5.97 Å². The Kier molecular flexibility index (Phi) is 3.77. The Morgan fingerprint density at radius 1 is 1.40 bits per heavy atom. The quantitative estimate of drug-likeness (QED) is 0.649. The molecule has 0 aromatic carbocycles. The fourth-order valence-electron chi connectivity index (χ4n) is 2.13. The molecule has 0 radical (unpaired) electrons. The molecule has 1 saturated heterocycles. The Hall–Kier alpha value is -1.94. The number of carboxylic acids is 1. The van der Waals surface area contributed by atoms with Crippen molar-refractivity contribution in [2.24, 2.45) is 11.7 Å². The summed E-state index contributed by atoms with van der Waals surface area (Å²) in [6.45, 7) is 0.238. The lowest BCUT2D eigenvalue weighted by Gasteiger charge is -2.29. The predicted molar refractivity (Wildman–Crippen MR) is 66.2 cm³/mol. The third-order valence-electron chi connectivity index (χ3n) is 3.29. The molecule has 1 amide bonds. The van der Waals surface area contributed by atoms with Gasteiger partial charge in [0.15, 0.2) is 5.03 Å². The molecule has 0 bridgehead atoms. The van der Waals surface area contributed by atoms with E-state index in [2.05, 4.69) is 10.2 Å². The number of nitrogens with one attached hydrogen (secondary N) is 1. The summed E-state index contributed by atoms with van der Waals surface area (Å²) in [5, 5.41) is 14.2. The van der Waals surface area contributed by atoms with E-state index in [0.29, 0.717) is 12.8 Å². The summed E-state index contributed by atoms with van der Waals surface area (Å²) in [5.74, 6) is -2.17. The molecule has 1 aromatic rings. The Morgan fingerprint density at radius 2 is 2.00 bits per heavy atom. The minimum Gasteiger partial charge on any atom is -0.478 e. The number of carbonyl (C=O) groups is 2. The van der Waals surface area contributed by atoms with Gasteiger partial charge in [0.1, 0.15) is 5.56 Å². The van der Waals surface area contributed by atoms with E-state index in [1.165, 1.54) is 0 Å². The van der Waals surface area contributed by atoms with Crippen molar-refractivity contribution in [1.82, 2.24) is 14.5 Å². The van der Waals surface area contributed by atoms with Crippen LogP contribution in [0.4, 0.5) is 0 Å². The number of nitrogens with two attached hydrogens (primary N) is 1. The Morgan fingerprint density at radius 3 is 2.50 bits per heavy atom. The highest BCUT2D eigenvalue weighted by atomic mass is 32.2. The number of rotatable bonds is 4. The van der Waals surface area contributed by atoms with Crippen LogP contribution in [0.2, 0.25) is 0 Å². The van der Waals surface area contributed by atoms with Crippen molar-refractivity contribution in [2.75, 3.05) is 13.1 Å². The van der Waals surface area contributed by atoms with Gasteiger partial charge in [0.05, 0.1) is 6.20 Å². The molecule has 9 nitrogen and oxygen atoms in total. The van der Waals surface area contributed by atoms with Crippen LogP contribution in [0.25, 0.3) is 0 Å². The number of carbonyl (C=O) groups excluding carboxylic acids is 1. The normalized spacial score (nSPS) is 18.0. The second kappa shape index (κ2) is 5.21. The molecule has 0 unspecified atom stereocenters. The molecule has 0 atom stereocenters. The van der Waals surface area contributed by atoms with E-state index in [1.807, 2.05) is 0 Å². The summed E-state index contributed by atoms with van der Waals surface area (Å²) in [7, 11) is -3.96. The Balaban J connectivity index is 2.22. The van der Waals surface area contributed by atoms with Gasteiger partial charge in [-0.15, -0.1) is 0 Å². The van der Waals surface area contributed by atoms with Gasteiger partial charge in [-0.3, -0.25) is 9.89 Å². The third-order valence-corrected chi connectivity index (χ3v) is 5.16. The first-order valence-electron chi connectivity index (χ1n) is 5.90. The van der Waals surface area contributed by atoms with Crippen LogP contribution in [-0.2, 0) is 14.8 Å². The zero-order valence-electron chi connectivity index (χ0n) is 10.4. The number of aromatic amines is 1. The van der Waals surface area contributed by atoms with Crippen molar-refractivity contribution in [3.8, 4) is 0 Å². The van der Waals surface area contributed by atoms with Crippen LogP contribution in [0, 0.1) is 5.92 Å². The van der Waals surface area contributed by atoms with Gasteiger partial charge < -0.3 is 10.8 Å². The second-order valence-corrected chi connectivity index (χ2v) is 6.37. The lowest BCUT2D eigenvalue weighted by molar-refractivity contribution is -0.122. The summed E-state index contributed by atoms with van der Waals surface area (Å²) in [4.78, 5) is 22.0. The number of carboxylic acid groups (broad SMARTS) is 1. The summed E-state index contributed by atoms with van der Waals surface area (Å²) in [6.07, 6.45) is 1.60. The molecular weight excluding hydrogens is 288 g/mol. The standard InChI is InChI=1S/C10H14N4O5S/c11-8(15)6-1-3-14(4-2-6)20(18,19)9-7(10(16)17)5-12-13-9/h5-6H,1-4H2,(H2,11,15)(H,12,13)(H,16,17). The summed E-state index contributed by atoms with van der Waals surface area (Å²) in [6, 6.07) is 0. The maximum absolute atomic E-state index is 12.3. The summed E-state index contributed by atoms with van der Waals surface area (Å²) >= 11 is 0. The van der Waals surface area contributed by atoms with Gasteiger partial charge in [-0.05, 0) is 12.8 Å². The number of hydrogen-bond donors (Lipinski definition) is 3. The third kappa shape index (κ3) is 2.51. The largest absolute Gasteiger partial charge is 0.478 e. The van der Waals surface area contributed by atoms with E-state index in [0.717, 1.165) is 10.5 Å². The van der Waals surface area contributed by atoms with E-state index in [4.69, 9.17) is 10.8 Å². The highest BCUT2D eigenvalue weighted by molar-refractivity contribution is 7.89. The average molecular weight is 302 g/mol. The Bertz CT molecular complexity index is 630. The number of aromatic nitrogens is 2. The van der Waals surface area contributed by atoms with Crippen LogP contribution in [0.5, 0.6) is 0 Å². The number of H-pyrrole nitrogens is 1. The van der Waals surface area contributed by atoms with Crippen LogP contribution in [-0.4, -0.2) is 53.0 Å². The van der Waals surface area contributed by atoms with Crippen LogP contribution < -0.4 is 5.73 Å². The highest BCUT2D eigenvalue weighted by Crippen LogP contribution is 2.24. The van der Waals surface area contributed by atoms with Crippen molar-refractivity contribution in [2.45, 2.75) is 17.9 Å². The summed E-state index contributed by atoms with van der Waals surface area (Å²) in [5.41, 5.74) is 4.78. The number of primary amides is 1. The van der Waals surface area contributed by atoms with Gasteiger partial charge in [0.25, 0.3) is 10.0 Å². The van der Waals surface area contributed by atoms with E-state index >= 15 is 0 Å². The van der Waals surface area contributed by atoms with Crippen LogP contribution in [0.3, 0.4) is 0 Å². The van der Waals surface area contributed by atoms with Gasteiger partial charge in [0.2, 0.25) is 5.91 Å². The number of amides is 1. The molecule has 2 rings (SSSR count). The predicted octanol–water partition coefficient (Wildman–Crippen LogP) is -1.01. The molecule has 1 fully saturated rings. The van der Waals surface area contributed by atoms with E-state index < -0.39 is 32.5 Å². The molecule has 1 aliphatic rings. The fraction of sp³-hybridized carbons (Fsp3) is 0.500. The van der Waals surface area contributed by atoms with Gasteiger partial charge in [-0.25, -0.2) is 13.2 Å². The van der Waals surface area contributed by atoms with Crippen molar-refractivity contribution in [1.29, 1.82) is 0 Å². The molecule has 4 N–H and O–H groups in total. The van der Waals surface area contributed by atoms with Gasteiger partial charge in [-0.1, -0.05) is 0 Å². The van der Waals surface area contributed by atoms with Crippen molar-refractivity contribution < 1.29 is 23.1 Å². The molecule has 10 heteroatoms. The zero-order chi connectivity index (χ0) is 14.9. The molecule has 20 heavy (non-hydrogen) atoms. The minimum absolute atomic E-state index is 0.119. The Labute approximate surface area is 114 Å². The number of hydrogen-bond acceptors (Lipinski definition) is 5. The van der Waals surface area contributed by atoms with Crippen LogP contribution in [0.15, 0.2) is 11.2 Å². The second-order valence-electron chi connectivity index (χ2n) is 4.50. The smallest absolute Gasteiger partial charge is 0.340 e. The average Bonchev–Trinajstić information content (AvgIpc) is 2.89. The van der Waals surface area contributed by atoms with Crippen LogP contribution >= 0.6 is 0 Å². The topological polar surface area (TPSA) is 146 Å². The number of aromatic carboxylic acids is 1. The first-order chi connectivity index (χ1) is 9.34. The maximum atomic E-state index is 12.3. The highest BCUT2D eigenvalue weighted by Gasteiger charge is 2.34.